The van der Waals surface area contributed by atoms with Crippen LogP contribution >= 0.6 is 11.3 Å². The lowest BCUT2D eigenvalue weighted by atomic mass is 9.81. The van der Waals surface area contributed by atoms with Gasteiger partial charge in [-0.15, -0.1) is 11.3 Å². The van der Waals surface area contributed by atoms with Crippen molar-refractivity contribution in [2.75, 3.05) is 0 Å². The first-order valence-electron chi connectivity index (χ1n) is 10.1. The van der Waals surface area contributed by atoms with E-state index in [1.165, 1.54) is 37.0 Å². The smallest absolute Gasteiger partial charge is 0.266 e. The van der Waals surface area contributed by atoms with Crippen LogP contribution in [0.2, 0.25) is 0 Å². The van der Waals surface area contributed by atoms with E-state index in [2.05, 4.69) is 24.1 Å². The maximum Gasteiger partial charge on any atom is 0.266 e. The number of aromatic hydroxyl groups is 1. The second-order valence-electron chi connectivity index (χ2n) is 8.40. The van der Waals surface area contributed by atoms with E-state index < -0.39 is 0 Å². The molecule has 0 aliphatic heterocycles. The molecule has 2 heterocycles. The first kappa shape index (κ1) is 17.1. The Balaban J connectivity index is 1.43. The van der Waals surface area contributed by atoms with E-state index in [0.717, 1.165) is 39.2 Å². The average molecular weight is 380 g/mol. The number of H-pyrrole nitrogens is 1. The van der Waals surface area contributed by atoms with Gasteiger partial charge in [0.25, 0.3) is 5.56 Å². The zero-order valence-corrected chi connectivity index (χ0v) is 16.4. The standard InChI is InChI=1S/C23H25NO2S/c1-13(14-3-2-4-15-10-16(15)6-5-14)9-18-12-20-19-11-17(25)7-8-21(19)24-23(26)22(20)27-18/h7-8,10-15,25H,2-6,9H2,1H3,(H,24,26)/t13-,14?,15?/m0/s1. The van der Waals surface area contributed by atoms with Gasteiger partial charge in [-0.3, -0.25) is 4.79 Å². The van der Waals surface area contributed by atoms with Crippen LogP contribution in [0.5, 0.6) is 5.75 Å². The molecule has 4 heteroatoms. The Hall–Kier alpha value is -2.07. The third-order valence-electron chi connectivity index (χ3n) is 6.54. The first-order valence-corrected chi connectivity index (χ1v) is 10.9. The predicted octanol–water partition coefficient (Wildman–Crippen LogP) is 5.76. The Morgan fingerprint density at radius 2 is 2.11 bits per heavy atom. The largest absolute Gasteiger partial charge is 0.508 e. The lowest BCUT2D eigenvalue weighted by molar-refractivity contribution is 0.296. The molecule has 2 aliphatic carbocycles. The fourth-order valence-electron chi connectivity index (χ4n) is 4.85. The molecule has 5 rings (SSSR count). The number of aromatic nitrogens is 1. The van der Waals surface area contributed by atoms with Gasteiger partial charge >= 0.3 is 0 Å². The van der Waals surface area contributed by atoms with Gasteiger partial charge in [-0.25, -0.2) is 0 Å². The van der Waals surface area contributed by atoms with E-state index in [0.29, 0.717) is 5.92 Å². The van der Waals surface area contributed by atoms with Crippen molar-refractivity contribution in [3.8, 4) is 5.75 Å². The average Bonchev–Trinajstić information content (AvgIpc) is 3.20. The summed E-state index contributed by atoms with van der Waals surface area (Å²) in [6.07, 6.45) is 10.1. The van der Waals surface area contributed by atoms with Crippen LogP contribution in [-0.4, -0.2) is 10.1 Å². The SMILES string of the molecule is C[C@@H](Cc1cc2c(s1)c(=O)[nH]c1ccc(O)cc12)C1CCCC2C=C2CC1. The van der Waals surface area contributed by atoms with E-state index in [9.17, 15) is 9.90 Å². The van der Waals surface area contributed by atoms with Crippen LogP contribution in [0, 0.1) is 17.8 Å². The van der Waals surface area contributed by atoms with Crippen molar-refractivity contribution in [1.29, 1.82) is 0 Å². The van der Waals surface area contributed by atoms with Crippen molar-refractivity contribution < 1.29 is 5.11 Å². The van der Waals surface area contributed by atoms with Crippen LogP contribution in [0.1, 0.15) is 43.9 Å². The van der Waals surface area contributed by atoms with E-state index in [1.54, 1.807) is 35.1 Å². The number of allylic oxidation sites excluding steroid dienone is 2. The molecule has 0 radical (unpaired) electrons. The van der Waals surface area contributed by atoms with Gasteiger partial charge in [0, 0.05) is 21.2 Å². The first-order chi connectivity index (χ1) is 13.1. The molecule has 3 atom stereocenters. The summed E-state index contributed by atoms with van der Waals surface area (Å²) in [4.78, 5) is 16.7. The highest BCUT2D eigenvalue weighted by Crippen LogP contribution is 2.43. The van der Waals surface area contributed by atoms with Gasteiger partial charge in [0.05, 0.1) is 0 Å². The van der Waals surface area contributed by atoms with Crippen LogP contribution in [0.25, 0.3) is 21.0 Å². The number of phenolic OH excluding ortho intramolecular Hbond substituents is 1. The second-order valence-corrected chi connectivity index (χ2v) is 9.54. The molecule has 3 nitrogen and oxygen atoms in total. The highest BCUT2D eigenvalue weighted by Gasteiger charge is 2.29. The van der Waals surface area contributed by atoms with Crippen molar-refractivity contribution in [3.63, 3.8) is 0 Å². The molecule has 1 saturated carbocycles. The minimum Gasteiger partial charge on any atom is -0.508 e. The number of phenols is 1. The van der Waals surface area contributed by atoms with Crippen molar-refractivity contribution in [1.82, 2.24) is 4.98 Å². The summed E-state index contributed by atoms with van der Waals surface area (Å²) in [6, 6.07) is 7.33. The summed E-state index contributed by atoms with van der Waals surface area (Å²) in [5.74, 6) is 2.49. The Morgan fingerprint density at radius 1 is 1.22 bits per heavy atom. The predicted molar refractivity (Wildman–Crippen MR) is 113 cm³/mol. The van der Waals surface area contributed by atoms with Gasteiger partial charge in [-0.1, -0.05) is 31.4 Å². The molecule has 1 aromatic carbocycles. The molecule has 0 spiro atoms. The Morgan fingerprint density at radius 3 is 3.00 bits per heavy atom. The number of hydrogen-bond donors (Lipinski definition) is 2. The normalized spacial score (nSPS) is 23.5. The Labute approximate surface area is 162 Å². The summed E-state index contributed by atoms with van der Waals surface area (Å²) >= 11 is 1.62. The number of nitrogens with one attached hydrogen (secondary N) is 1. The summed E-state index contributed by atoms with van der Waals surface area (Å²) in [7, 11) is 0. The van der Waals surface area contributed by atoms with Crippen LogP contribution in [0.4, 0.5) is 0 Å². The Bertz CT molecular complexity index is 1110. The summed E-state index contributed by atoms with van der Waals surface area (Å²) in [5, 5.41) is 11.8. The lowest BCUT2D eigenvalue weighted by Gasteiger charge is -2.25. The van der Waals surface area contributed by atoms with E-state index in [1.807, 2.05) is 0 Å². The molecule has 3 aromatic rings. The van der Waals surface area contributed by atoms with Crippen molar-refractivity contribution >= 4 is 32.3 Å². The maximum absolute atomic E-state index is 12.5. The van der Waals surface area contributed by atoms with Crippen LogP contribution < -0.4 is 5.56 Å². The van der Waals surface area contributed by atoms with E-state index in [-0.39, 0.29) is 11.3 Å². The molecular formula is C23H25NO2S. The molecule has 0 amide bonds. The zero-order valence-electron chi connectivity index (χ0n) is 15.6. The monoisotopic (exact) mass is 379 g/mol. The minimum absolute atomic E-state index is 0.0234. The zero-order chi connectivity index (χ0) is 18.5. The van der Waals surface area contributed by atoms with Crippen molar-refractivity contribution in [2.45, 2.75) is 45.4 Å². The third-order valence-corrected chi connectivity index (χ3v) is 7.69. The van der Waals surface area contributed by atoms with Crippen LogP contribution in [-0.2, 0) is 6.42 Å². The molecule has 2 N–H and O–H groups in total. The number of aromatic amines is 1. The topological polar surface area (TPSA) is 53.1 Å². The summed E-state index contributed by atoms with van der Waals surface area (Å²) in [5.41, 5.74) is 2.46. The molecular weight excluding hydrogens is 354 g/mol. The number of fused-ring (bicyclic) bond motifs is 4. The van der Waals surface area contributed by atoms with Gasteiger partial charge < -0.3 is 10.1 Å². The van der Waals surface area contributed by atoms with Crippen molar-refractivity contribution in [2.24, 2.45) is 17.8 Å². The van der Waals surface area contributed by atoms with Crippen LogP contribution in [0.3, 0.4) is 0 Å². The minimum atomic E-state index is -0.0234. The van der Waals surface area contributed by atoms with E-state index in [4.69, 9.17) is 0 Å². The fourth-order valence-corrected chi connectivity index (χ4v) is 6.06. The summed E-state index contributed by atoms with van der Waals surface area (Å²) in [6.45, 7) is 2.38. The number of pyridine rings is 1. The van der Waals surface area contributed by atoms with Gasteiger partial charge in [0.1, 0.15) is 10.4 Å². The molecule has 2 aliphatic rings. The Kier molecular flexibility index (Phi) is 4.12. The lowest BCUT2D eigenvalue weighted by Crippen LogP contribution is -2.15. The van der Waals surface area contributed by atoms with Gasteiger partial charge in [0.2, 0.25) is 0 Å². The molecule has 0 saturated heterocycles. The fraction of sp³-hybridized carbons (Fsp3) is 0.435. The molecule has 140 valence electrons. The molecule has 0 bridgehead atoms. The van der Waals surface area contributed by atoms with Crippen molar-refractivity contribution in [3.05, 3.63) is 51.1 Å². The number of rotatable bonds is 3. The molecule has 2 aromatic heterocycles. The van der Waals surface area contributed by atoms with Gasteiger partial charge in [-0.2, -0.15) is 0 Å². The van der Waals surface area contributed by atoms with Gasteiger partial charge in [0.15, 0.2) is 0 Å². The molecule has 27 heavy (non-hydrogen) atoms. The quantitative estimate of drug-likeness (QED) is 0.568. The molecule has 1 fully saturated rings. The third kappa shape index (κ3) is 3.20. The second kappa shape index (κ2) is 6.52. The highest BCUT2D eigenvalue weighted by molar-refractivity contribution is 7.19. The molecule has 2 unspecified atom stereocenters. The number of hydrogen-bond acceptors (Lipinski definition) is 3. The maximum atomic E-state index is 12.5. The highest BCUT2D eigenvalue weighted by atomic mass is 32.1. The number of benzene rings is 1. The number of thiophene rings is 1. The van der Waals surface area contributed by atoms with E-state index >= 15 is 0 Å². The van der Waals surface area contributed by atoms with Gasteiger partial charge in [-0.05, 0) is 67.7 Å². The van der Waals surface area contributed by atoms with Crippen LogP contribution in [0.15, 0.2) is 40.7 Å². The summed E-state index contributed by atoms with van der Waals surface area (Å²) < 4.78 is 0.777.